The Bertz CT molecular complexity index is 1180. The quantitative estimate of drug-likeness (QED) is 0.580. The van der Waals surface area contributed by atoms with Gasteiger partial charge in [-0.2, -0.15) is 0 Å². The summed E-state index contributed by atoms with van der Waals surface area (Å²) in [6.07, 6.45) is 3.64. The van der Waals surface area contributed by atoms with Gasteiger partial charge in [-0.25, -0.2) is 9.37 Å². The molecule has 0 aliphatic carbocycles. The summed E-state index contributed by atoms with van der Waals surface area (Å²) in [5.41, 5.74) is 1.39. The van der Waals surface area contributed by atoms with Gasteiger partial charge in [-0.3, -0.25) is 14.5 Å². The second-order valence-corrected chi connectivity index (χ2v) is 8.71. The van der Waals surface area contributed by atoms with Gasteiger partial charge in [-0.15, -0.1) is 0 Å². The Kier molecular flexibility index (Phi) is 6.40. The molecule has 3 heterocycles. The van der Waals surface area contributed by atoms with Crippen molar-refractivity contribution < 1.29 is 18.4 Å². The third-order valence-corrected chi connectivity index (χ3v) is 6.51. The number of amides is 2. The number of likely N-dealkylation sites (tertiary alicyclic amines) is 1. The number of nitrogens with zero attached hydrogens (tertiary/aromatic N) is 4. The van der Waals surface area contributed by atoms with Crippen molar-refractivity contribution in [3.8, 4) is 22.8 Å². The Hall–Kier alpha value is -3.52. The average Bonchev–Trinajstić information content (AvgIpc) is 3.57. The monoisotopic (exact) mass is 462 g/mol. The van der Waals surface area contributed by atoms with Gasteiger partial charge in [0.2, 0.25) is 11.8 Å². The fourth-order valence-electron chi connectivity index (χ4n) is 4.58. The molecule has 2 aromatic carbocycles. The van der Waals surface area contributed by atoms with Crippen molar-refractivity contribution >= 4 is 11.8 Å². The van der Waals surface area contributed by atoms with Crippen LogP contribution in [0, 0.1) is 5.82 Å². The largest absolute Gasteiger partial charge is 0.436 e. The Morgan fingerprint density at radius 3 is 2.26 bits per heavy atom. The molecule has 0 radical (unpaired) electrons. The number of aromatic nitrogens is 1. The molecule has 0 saturated carbocycles. The van der Waals surface area contributed by atoms with E-state index in [2.05, 4.69) is 9.88 Å². The SMILES string of the molecule is O=C(CN1CCN(C(=O)c2ccccc2-c2ncc(-c3ccccc3F)o2)CC1)N1CCCC1. The topological polar surface area (TPSA) is 69.9 Å². The van der Waals surface area contributed by atoms with Gasteiger partial charge in [0.15, 0.2) is 5.76 Å². The van der Waals surface area contributed by atoms with Crippen LogP contribution in [0.3, 0.4) is 0 Å². The zero-order chi connectivity index (χ0) is 23.5. The first-order valence-corrected chi connectivity index (χ1v) is 11.7. The van der Waals surface area contributed by atoms with E-state index in [1.54, 1.807) is 35.2 Å². The number of piperazine rings is 1. The van der Waals surface area contributed by atoms with Crippen LogP contribution in [-0.2, 0) is 4.79 Å². The van der Waals surface area contributed by atoms with Crippen molar-refractivity contribution in [2.75, 3.05) is 45.8 Å². The van der Waals surface area contributed by atoms with Gasteiger partial charge in [0, 0.05) is 44.8 Å². The third kappa shape index (κ3) is 4.59. The summed E-state index contributed by atoms with van der Waals surface area (Å²) in [6, 6.07) is 13.5. The molecule has 2 aliphatic rings. The van der Waals surface area contributed by atoms with E-state index in [1.165, 1.54) is 12.3 Å². The summed E-state index contributed by atoms with van der Waals surface area (Å²) in [5.74, 6) is 0.267. The summed E-state index contributed by atoms with van der Waals surface area (Å²) < 4.78 is 20.0. The van der Waals surface area contributed by atoms with Crippen molar-refractivity contribution in [1.82, 2.24) is 19.7 Å². The zero-order valence-corrected chi connectivity index (χ0v) is 19.0. The molecular weight excluding hydrogens is 435 g/mol. The van der Waals surface area contributed by atoms with Crippen LogP contribution in [0.15, 0.2) is 59.1 Å². The molecule has 0 bridgehead atoms. The molecule has 2 amide bonds. The van der Waals surface area contributed by atoms with Crippen LogP contribution in [0.1, 0.15) is 23.2 Å². The maximum absolute atomic E-state index is 14.2. The second-order valence-electron chi connectivity index (χ2n) is 8.71. The van der Waals surface area contributed by atoms with E-state index in [-0.39, 0.29) is 17.7 Å². The van der Waals surface area contributed by atoms with Crippen LogP contribution < -0.4 is 0 Å². The molecule has 1 aromatic heterocycles. The van der Waals surface area contributed by atoms with E-state index in [1.807, 2.05) is 17.0 Å². The minimum Gasteiger partial charge on any atom is -0.436 e. The van der Waals surface area contributed by atoms with Crippen LogP contribution >= 0.6 is 0 Å². The number of benzene rings is 2. The maximum Gasteiger partial charge on any atom is 0.254 e. The predicted molar refractivity (Wildman–Crippen MR) is 125 cm³/mol. The van der Waals surface area contributed by atoms with Gasteiger partial charge in [-0.1, -0.05) is 24.3 Å². The van der Waals surface area contributed by atoms with Gasteiger partial charge in [0.25, 0.3) is 5.91 Å². The molecule has 7 nitrogen and oxygen atoms in total. The third-order valence-electron chi connectivity index (χ3n) is 6.51. The average molecular weight is 463 g/mol. The Morgan fingerprint density at radius 1 is 0.853 bits per heavy atom. The number of rotatable bonds is 5. The van der Waals surface area contributed by atoms with Crippen molar-refractivity contribution in [3.63, 3.8) is 0 Å². The normalized spacial score (nSPS) is 16.7. The smallest absolute Gasteiger partial charge is 0.254 e. The fraction of sp³-hybridized carbons (Fsp3) is 0.346. The lowest BCUT2D eigenvalue weighted by Crippen LogP contribution is -2.51. The zero-order valence-electron chi connectivity index (χ0n) is 19.0. The molecule has 3 aromatic rings. The van der Waals surface area contributed by atoms with Gasteiger partial charge in [0.1, 0.15) is 5.82 Å². The first kappa shape index (κ1) is 22.3. The molecule has 34 heavy (non-hydrogen) atoms. The van der Waals surface area contributed by atoms with Crippen LogP contribution in [0.25, 0.3) is 22.8 Å². The Labute approximate surface area is 197 Å². The van der Waals surface area contributed by atoms with E-state index in [4.69, 9.17) is 4.42 Å². The van der Waals surface area contributed by atoms with Crippen LogP contribution in [0.4, 0.5) is 4.39 Å². The maximum atomic E-state index is 14.2. The molecule has 0 unspecified atom stereocenters. The summed E-state index contributed by atoms with van der Waals surface area (Å²) >= 11 is 0. The highest BCUT2D eigenvalue weighted by Crippen LogP contribution is 2.30. The van der Waals surface area contributed by atoms with Crippen LogP contribution in [0.5, 0.6) is 0 Å². The minimum absolute atomic E-state index is 0.105. The molecule has 0 N–H and O–H groups in total. The molecule has 2 aliphatic heterocycles. The summed E-state index contributed by atoms with van der Waals surface area (Å²) in [4.78, 5) is 36.0. The molecule has 2 saturated heterocycles. The molecule has 8 heteroatoms. The highest BCUT2D eigenvalue weighted by Gasteiger charge is 2.27. The molecule has 176 valence electrons. The number of hydrogen-bond acceptors (Lipinski definition) is 5. The van der Waals surface area contributed by atoms with Crippen LogP contribution in [0.2, 0.25) is 0 Å². The molecule has 5 rings (SSSR count). The summed E-state index contributed by atoms with van der Waals surface area (Å²) in [6.45, 7) is 4.53. The fourth-order valence-corrected chi connectivity index (χ4v) is 4.58. The van der Waals surface area contributed by atoms with Gasteiger partial charge < -0.3 is 14.2 Å². The Balaban J connectivity index is 1.27. The highest BCUT2D eigenvalue weighted by atomic mass is 19.1. The molecular formula is C26H27FN4O3. The lowest BCUT2D eigenvalue weighted by molar-refractivity contribution is -0.131. The number of halogens is 1. The first-order valence-electron chi connectivity index (χ1n) is 11.7. The van der Waals surface area contributed by atoms with Crippen molar-refractivity contribution in [1.29, 1.82) is 0 Å². The number of carbonyl (C=O) groups excluding carboxylic acids is 2. The molecule has 0 spiro atoms. The van der Waals surface area contributed by atoms with Gasteiger partial charge in [-0.05, 0) is 37.1 Å². The summed E-state index contributed by atoms with van der Waals surface area (Å²) in [7, 11) is 0. The lowest BCUT2D eigenvalue weighted by atomic mass is 10.1. The number of oxazole rings is 1. The Morgan fingerprint density at radius 2 is 1.53 bits per heavy atom. The minimum atomic E-state index is -0.393. The summed E-state index contributed by atoms with van der Waals surface area (Å²) in [5, 5.41) is 0. The van der Waals surface area contributed by atoms with E-state index < -0.39 is 5.82 Å². The van der Waals surface area contributed by atoms with E-state index in [9.17, 15) is 14.0 Å². The first-order chi connectivity index (χ1) is 16.6. The number of carbonyl (C=O) groups is 2. The van der Waals surface area contributed by atoms with Crippen molar-refractivity contribution in [2.24, 2.45) is 0 Å². The number of hydrogen-bond donors (Lipinski definition) is 0. The second kappa shape index (κ2) is 9.77. The van der Waals surface area contributed by atoms with Gasteiger partial charge >= 0.3 is 0 Å². The molecule has 0 atom stereocenters. The van der Waals surface area contributed by atoms with Gasteiger partial charge in [0.05, 0.1) is 23.9 Å². The standard InChI is InChI=1S/C26H27FN4O3/c27-22-10-4-3-9-21(22)23-17-28-25(34-23)19-7-1-2-8-20(19)26(33)31-15-13-29(14-16-31)18-24(32)30-11-5-6-12-30/h1-4,7-10,17H,5-6,11-16,18H2. The van der Waals surface area contributed by atoms with E-state index >= 15 is 0 Å². The van der Waals surface area contributed by atoms with Crippen molar-refractivity contribution in [3.05, 3.63) is 66.1 Å². The van der Waals surface area contributed by atoms with E-state index in [0.29, 0.717) is 55.2 Å². The van der Waals surface area contributed by atoms with Crippen molar-refractivity contribution in [2.45, 2.75) is 12.8 Å². The predicted octanol–water partition coefficient (Wildman–Crippen LogP) is 3.53. The lowest BCUT2D eigenvalue weighted by Gasteiger charge is -2.35. The van der Waals surface area contributed by atoms with E-state index in [0.717, 1.165) is 25.9 Å². The highest BCUT2D eigenvalue weighted by molar-refractivity contribution is 6.00. The van der Waals surface area contributed by atoms with Crippen LogP contribution in [-0.4, -0.2) is 77.3 Å². The molecule has 2 fully saturated rings.